The fourth-order valence-corrected chi connectivity index (χ4v) is 2.46. The Hall–Kier alpha value is -3.42. The second kappa shape index (κ2) is 7.22. The molecule has 0 unspecified atom stereocenters. The van der Waals surface area contributed by atoms with E-state index in [2.05, 4.69) is 5.27 Å². The van der Waals surface area contributed by atoms with Crippen molar-refractivity contribution in [2.75, 3.05) is 14.2 Å². The Morgan fingerprint density at radius 1 is 1.27 bits per heavy atom. The lowest BCUT2D eigenvalue weighted by Crippen LogP contribution is -2.40. The minimum Gasteiger partial charge on any atom is -0.539 e. The molecule has 0 spiro atoms. The van der Waals surface area contributed by atoms with Gasteiger partial charge in [-0.1, -0.05) is 12.1 Å². The smallest absolute Gasteiger partial charge is 0.259 e. The molecule has 0 aliphatic rings. The number of amides is 1. The summed E-state index contributed by atoms with van der Waals surface area (Å²) in [4.78, 5) is 13.7. The number of nitrogens with zero attached hydrogens (tertiary/aromatic N) is 3. The summed E-state index contributed by atoms with van der Waals surface area (Å²) in [6.07, 6.45) is 0. The molecule has 0 fully saturated rings. The minimum atomic E-state index is -0.672. The summed E-state index contributed by atoms with van der Waals surface area (Å²) in [7, 11) is 3.02. The van der Waals surface area contributed by atoms with Crippen LogP contribution in [0.2, 0.25) is 0 Å². The molecule has 0 saturated heterocycles. The first-order valence-corrected chi connectivity index (χ1v) is 7.73. The summed E-state index contributed by atoms with van der Waals surface area (Å²) in [5, 5.41) is 15.7. The third-order valence-electron chi connectivity index (χ3n) is 3.85. The van der Waals surface area contributed by atoms with E-state index in [1.807, 2.05) is 0 Å². The molecule has 3 rings (SSSR count). The van der Waals surface area contributed by atoms with E-state index in [1.165, 1.54) is 34.8 Å². The number of hydrogen-bond donors (Lipinski definition) is 0. The van der Waals surface area contributed by atoms with Crippen LogP contribution in [0, 0.1) is 5.82 Å². The van der Waals surface area contributed by atoms with E-state index >= 15 is 0 Å². The van der Waals surface area contributed by atoms with Crippen LogP contribution in [-0.2, 0) is 6.54 Å². The van der Waals surface area contributed by atoms with Gasteiger partial charge < -0.3 is 19.3 Å². The number of hydrogen-bond acceptors (Lipinski definition) is 5. The van der Waals surface area contributed by atoms with E-state index in [4.69, 9.17) is 9.26 Å². The van der Waals surface area contributed by atoms with E-state index < -0.39 is 17.7 Å². The molecular formula is C18H16FN3O4. The maximum Gasteiger partial charge on any atom is 0.259 e. The Morgan fingerprint density at radius 2 is 1.96 bits per heavy atom. The fraction of sp³-hybridized carbons (Fsp3) is 0.167. The van der Waals surface area contributed by atoms with Crippen LogP contribution in [0.3, 0.4) is 0 Å². The number of carbonyl (C=O) groups is 1. The van der Waals surface area contributed by atoms with Crippen LogP contribution in [0.1, 0.15) is 16.1 Å². The average molecular weight is 357 g/mol. The zero-order valence-electron chi connectivity index (χ0n) is 14.2. The maximum absolute atomic E-state index is 13.8. The molecule has 7 nitrogen and oxygen atoms in total. The van der Waals surface area contributed by atoms with Crippen molar-refractivity contribution >= 4 is 5.91 Å². The molecule has 1 heterocycles. The maximum atomic E-state index is 13.8. The molecule has 0 bridgehead atoms. The second-order valence-electron chi connectivity index (χ2n) is 5.56. The molecule has 0 saturated carbocycles. The summed E-state index contributed by atoms with van der Waals surface area (Å²) in [5.74, 6) is -1.20. The molecule has 1 aromatic heterocycles. The van der Waals surface area contributed by atoms with E-state index in [0.29, 0.717) is 11.4 Å². The number of ether oxygens (including phenoxy) is 1. The Kier molecular flexibility index (Phi) is 4.83. The normalized spacial score (nSPS) is 10.6. The molecule has 0 aliphatic carbocycles. The zero-order chi connectivity index (χ0) is 18.7. The summed E-state index contributed by atoms with van der Waals surface area (Å²) < 4.78 is 24.9. The number of rotatable bonds is 5. The first kappa shape index (κ1) is 17.4. The molecule has 2 aromatic carbocycles. The monoisotopic (exact) mass is 357 g/mol. The summed E-state index contributed by atoms with van der Waals surface area (Å²) >= 11 is 0. The lowest BCUT2D eigenvalue weighted by Gasteiger charge is -2.15. The quantitative estimate of drug-likeness (QED) is 0.646. The standard InChI is InChI=1S/C18H16FN3O4/c1-21(17(23)14-5-3-4-6-15(14)19)11-16-18(24)26-20-22(16)12-7-9-13(25-2)10-8-12/h3-10H,11H2,1-2H3. The van der Waals surface area contributed by atoms with Crippen LogP contribution in [0.4, 0.5) is 4.39 Å². The lowest BCUT2D eigenvalue weighted by molar-refractivity contribution is -0.678. The van der Waals surface area contributed by atoms with Gasteiger partial charge in [-0.2, -0.15) is 0 Å². The Labute approximate surface area is 148 Å². The predicted molar refractivity (Wildman–Crippen MR) is 86.2 cm³/mol. The summed E-state index contributed by atoms with van der Waals surface area (Å²) in [6.45, 7) is -0.0957. The highest BCUT2D eigenvalue weighted by Gasteiger charge is 2.25. The lowest BCUT2D eigenvalue weighted by atomic mass is 10.2. The van der Waals surface area contributed by atoms with Crippen molar-refractivity contribution in [3.8, 4) is 17.4 Å². The van der Waals surface area contributed by atoms with E-state index in [-0.39, 0.29) is 17.8 Å². The SMILES string of the molecule is COc1ccc(-[n+]2noc([O-])c2CN(C)C(=O)c2ccccc2F)cc1. The van der Waals surface area contributed by atoms with Gasteiger partial charge in [-0.15, -0.1) is 0 Å². The third kappa shape index (κ3) is 3.34. The molecule has 1 amide bonds. The molecule has 0 atom stereocenters. The first-order valence-electron chi connectivity index (χ1n) is 7.73. The Bertz CT molecular complexity index is 924. The van der Waals surface area contributed by atoms with Crippen molar-refractivity contribution in [2.24, 2.45) is 0 Å². The minimum absolute atomic E-state index is 0.0742. The zero-order valence-corrected chi connectivity index (χ0v) is 14.2. The molecule has 8 heteroatoms. The first-order chi connectivity index (χ1) is 12.5. The van der Waals surface area contributed by atoms with Crippen LogP contribution in [0.5, 0.6) is 11.7 Å². The average Bonchev–Trinajstić information content (AvgIpc) is 3.02. The van der Waals surface area contributed by atoms with E-state index in [9.17, 15) is 14.3 Å². The number of aromatic nitrogens is 2. The Morgan fingerprint density at radius 3 is 2.62 bits per heavy atom. The van der Waals surface area contributed by atoms with Crippen molar-refractivity contribution in [1.82, 2.24) is 10.2 Å². The van der Waals surface area contributed by atoms with Crippen molar-refractivity contribution in [3.63, 3.8) is 0 Å². The van der Waals surface area contributed by atoms with E-state index in [0.717, 1.165) is 0 Å². The summed E-state index contributed by atoms with van der Waals surface area (Å²) in [6, 6.07) is 12.5. The highest BCUT2D eigenvalue weighted by molar-refractivity contribution is 5.94. The molecule has 3 aromatic rings. The van der Waals surface area contributed by atoms with Gasteiger partial charge in [0.05, 0.1) is 17.9 Å². The molecule has 0 aliphatic heterocycles. The van der Waals surface area contributed by atoms with Crippen LogP contribution < -0.4 is 14.5 Å². The van der Waals surface area contributed by atoms with Gasteiger partial charge in [0.25, 0.3) is 11.6 Å². The van der Waals surface area contributed by atoms with Crippen LogP contribution in [0.15, 0.2) is 53.1 Å². The predicted octanol–water partition coefficient (Wildman–Crippen LogP) is 1.44. The number of halogens is 1. The highest BCUT2D eigenvalue weighted by atomic mass is 19.1. The molecule has 26 heavy (non-hydrogen) atoms. The highest BCUT2D eigenvalue weighted by Crippen LogP contribution is 2.17. The van der Waals surface area contributed by atoms with Gasteiger partial charge in [0.1, 0.15) is 18.1 Å². The van der Waals surface area contributed by atoms with Gasteiger partial charge in [0.2, 0.25) is 5.69 Å². The van der Waals surface area contributed by atoms with E-state index in [1.54, 1.807) is 37.4 Å². The van der Waals surface area contributed by atoms with Crippen LogP contribution >= 0.6 is 0 Å². The van der Waals surface area contributed by atoms with Gasteiger partial charge in [-0.3, -0.25) is 4.79 Å². The molecule has 134 valence electrons. The van der Waals surface area contributed by atoms with Crippen molar-refractivity contribution in [3.05, 3.63) is 65.6 Å². The number of carbonyl (C=O) groups excluding carboxylic acids is 1. The largest absolute Gasteiger partial charge is 0.539 e. The van der Waals surface area contributed by atoms with Crippen molar-refractivity contribution in [1.29, 1.82) is 0 Å². The fourth-order valence-electron chi connectivity index (χ4n) is 2.46. The summed E-state index contributed by atoms with van der Waals surface area (Å²) in [5.41, 5.74) is 0.635. The van der Waals surface area contributed by atoms with Crippen LogP contribution in [0.25, 0.3) is 5.69 Å². The van der Waals surface area contributed by atoms with Gasteiger partial charge >= 0.3 is 0 Å². The Balaban J connectivity index is 1.87. The van der Waals surface area contributed by atoms with Crippen LogP contribution in [-0.4, -0.2) is 30.2 Å². The topological polar surface area (TPSA) is 82.5 Å². The third-order valence-corrected chi connectivity index (χ3v) is 3.85. The molecule has 0 radical (unpaired) electrons. The van der Waals surface area contributed by atoms with Gasteiger partial charge in [-0.25, -0.2) is 4.39 Å². The van der Waals surface area contributed by atoms with Crippen molar-refractivity contribution in [2.45, 2.75) is 6.54 Å². The number of methoxy groups -OCH3 is 1. The van der Waals surface area contributed by atoms with Gasteiger partial charge in [0, 0.05) is 19.2 Å². The molecule has 0 N–H and O–H groups in total. The van der Waals surface area contributed by atoms with Gasteiger partial charge in [0.15, 0.2) is 5.95 Å². The second-order valence-corrected chi connectivity index (χ2v) is 5.56. The van der Waals surface area contributed by atoms with Gasteiger partial charge in [-0.05, 0) is 28.9 Å². The number of benzene rings is 2. The molecular weight excluding hydrogens is 341 g/mol. The van der Waals surface area contributed by atoms with Crippen molar-refractivity contribution < 1.29 is 28.2 Å².